The monoisotopic (exact) mass is 237 g/mol. The summed E-state index contributed by atoms with van der Waals surface area (Å²) < 4.78 is 4.82. The smallest absolute Gasteiger partial charge is 0.326 e. The Morgan fingerprint density at radius 2 is 2.00 bits per heavy atom. The van der Waals surface area contributed by atoms with E-state index in [0.29, 0.717) is 0 Å². The van der Waals surface area contributed by atoms with E-state index in [-0.39, 0.29) is 22.3 Å². The Labute approximate surface area is 93.0 Å². The molecule has 1 aromatic carbocycles. The van der Waals surface area contributed by atoms with E-state index in [2.05, 4.69) is 4.98 Å². The van der Waals surface area contributed by atoms with Gasteiger partial charge in [0.2, 0.25) is 0 Å². The van der Waals surface area contributed by atoms with Crippen molar-refractivity contribution in [1.82, 2.24) is 9.97 Å². The Morgan fingerprint density at radius 3 is 2.59 bits per heavy atom. The van der Waals surface area contributed by atoms with Crippen LogP contribution < -0.4 is 16.0 Å². The molecule has 2 aromatic rings. The summed E-state index contributed by atoms with van der Waals surface area (Å²) >= 11 is 0. The predicted molar refractivity (Wildman–Crippen MR) is 58.4 cm³/mol. The van der Waals surface area contributed by atoms with E-state index in [1.165, 1.54) is 13.2 Å². The fraction of sp³-hybridized carbons (Fsp3) is 0.111. The van der Waals surface area contributed by atoms with Crippen LogP contribution >= 0.6 is 0 Å². The summed E-state index contributed by atoms with van der Waals surface area (Å²) in [4.78, 5) is 36.9. The lowest BCUT2D eigenvalue weighted by Gasteiger charge is -2.03. The molecule has 0 bridgehead atoms. The highest BCUT2D eigenvalue weighted by molar-refractivity contribution is 5.82. The van der Waals surface area contributed by atoms with Crippen LogP contribution in [-0.2, 0) is 0 Å². The summed E-state index contributed by atoms with van der Waals surface area (Å²) in [5, 5.41) is 10.8. The first-order valence-corrected chi connectivity index (χ1v) is 4.51. The Balaban J connectivity index is 2.93. The van der Waals surface area contributed by atoms with Crippen LogP contribution in [0.25, 0.3) is 10.9 Å². The van der Waals surface area contributed by atoms with Crippen molar-refractivity contribution in [3.05, 3.63) is 43.1 Å². The molecule has 1 aromatic heterocycles. The zero-order valence-corrected chi connectivity index (χ0v) is 8.64. The van der Waals surface area contributed by atoms with Gasteiger partial charge in [-0.2, -0.15) is 0 Å². The first kappa shape index (κ1) is 10.9. The Hall–Kier alpha value is -2.64. The van der Waals surface area contributed by atoms with Gasteiger partial charge in [-0.25, -0.2) is 4.79 Å². The summed E-state index contributed by atoms with van der Waals surface area (Å²) in [5.41, 5.74) is -1.52. The van der Waals surface area contributed by atoms with Crippen molar-refractivity contribution >= 4 is 16.6 Å². The zero-order chi connectivity index (χ0) is 12.6. The van der Waals surface area contributed by atoms with Crippen molar-refractivity contribution in [2.24, 2.45) is 0 Å². The van der Waals surface area contributed by atoms with E-state index < -0.39 is 16.2 Å². The number of hydrogen-bond donors (Lipinski definition) is 2. The molecule has 2 N–H and O–H groups in total. The lowest BCUT2D eigenvalue weighted by atomic mass is 10.2. The van der Waals surface area contributed by atoms with Gasteiger partial charge in [0.25, 0.3) is 5.56 Å². The van der Waals surface area contributed by atoms with Crippen LogP contribution in [0.4, 0.5) is 5.69 Å². The predicted octanol–water partition coefficient (Wildman–Crippen LogP) is 0.133. The topological polar surface area (TPSA) is 118 Å². The summed E-state index contributed by atoms with van der Waals surface area (Å²) in [6.45, 7) is 0. The van der Waals surface area contributed by atoms with Crippen LogP contribution in [0.2, 0.25) is 0 Å². The minimum absolute atomic E-state index is 0.0243. The quantitative estimate of drug-likeness (QED) is 0.568. The number of hydrogen-bond acceptors (Lipinski definition) is 5. The van der Waals surface area contributed by atoms with Gasteiger partial charge in [0.15, 0.2) is 5.75 Å². The lowest BCUT2D eigenvalue weighted by molar-refractivity contribution is -0.385. The second kappa shape index (κ2) is 3.74. The minimum atomic E-state index is -0.686. The number of nitro groups is 1. The number of nitrogens with one attached hydrogen (secondary N) is 2. The highest BCUT2D eigenvalue weighted by Crippen LogP contribution is 2.29. The molecular formula is C9H7N3O5. The van der Waals surface area contributed by atoms with Crippen LogP contribution in [0.3, 0.4) is 0 Å². The van der Waals surface area contributed by atoms with E-state index in [0.717, 1.165) is 6.07 Å². The zero-order valence-electron chi connectivity index (χ0n) is 8.64. The number of nitrogens with zero attached hydrogens (tertiary/aromatic N) is 1. The maximum Gasteiger partial charge on any atom is 0.326 e. The third kappa shape index (κ3) is 1.75. The Kier molecular flexibility index (Phi) is 2.39. The number of methoxy groups -OCH3 is 1. The largest absolute Gasteiger partial charge is 0.490 e. The summed E-state index contributed by atoms with van der Waals surface area (Å²) in [6, 6.07) is 2.30. The van der Waals surface area contributed by atoms with Crippen LogP contribution in [0.1, 0.15) is 0 Å². The minimum Gasteiger partial charge on any atom is -0.490 e. The number of aromatic nitrogens is 2. The number of H-pyrrole nitrogens is 2. The molecule has 0 unspecified atom stereocenters. The molecule has 0 saturated carbocycles. The molecule has 1 heterocycles. The van der Waals surface area contributed by atoms with Crippen LogP contribution in [0.15, 0.2) is 21.7 Å². The van der Waals surface area contributed by atoms with Crippen molar-refractivity contribution in [2.45, 2.75) is 0 Å². The van der Waals surface area contributed by atoms with Crippen molar-refractivity contribution in [3.63, 3.8) is 0 Å². The van der Waals surface area contributed by atoms with Gasteiger partial charge in [-0.05, 0) is 0 Å². The highest BCUT2D eigenvalue weighted by atomic mass is 16.6. The second-order valence-corrected chi connectivity index (χ2v) is 3.23. The van der Waals surface area contributed by atoms with E-state index in [9.17, 15) is 19.7 Å². The molecule has 0 radical (unpaired) electrons. The molecule has 0 aliphatic carbocycles. The molecule has 2 rings (SSSR count). The number of ether oxygens (including phenoxy) is 1. The van der Waals surface area contributed by atoms with Crippen molar-refractivity contribution < 1.29 is 9.66 Å². The number of aromatic amines is 2. The average Bonchev–Trinajstić information content (AvgIpc) is 2.26. The molecule has 0 fully saturated rings. The summed E-state index contributed by atoms with van der Waals surface area (Å²) in [5.74, 6) is -0.0243. The molecule has 88 valence electrons. The molecular weight excluding hydrogens is 230 g/mol. The highest BCUT2D eigenvalue weighted by Gasteiger charge is 2.17. The van der Waals surface area contributed by atoms with Crippen LogP contribution in [-0.4, -0.2) is 22.0 Å². The molecule has 8 nitrogen and oxygen atoms in total. The van der Waals surface area contributed by atoms with Crippen molar-refractivity contribution in [2.75, 3.05) is 7.11 Å². The summed E-state index contributed by atoms with van der Waals surface area (Å²) in [6.07, 6.45) is 0. The fourth-order valence-electron chi connectivity index (χ4n) is 1.49. The maximum atomic E-state index is 11.4. The van der Waals surface area contributed by atoms with E-state index in [4.69, 9.17) is 4.74 Å². The molecule has 17 heavy (non-hydrogen) atoms. The molecule has 0 aliphatic rings. The van der Waals surface area contributed by atoms with Crippen molar-refractivity contribution in [1.29, 1.82) is 0 Å². The SMILES string of the molecule is COc1cc2[nH]c(=O)[nH]c(=O)c2cc1[N+](=O)[O-]. The van der Waals surface area contributed by atoms with Crippen LogP contribution in [0, 0.1) is 10.1 Å². The van der Waals surface area contributed by atoms with Gasteiger partial charge in [0, 0.05) is 12.1 Å². The molecule has 0 atom stereocenters. The first-order chi connectivity index (χ1) is 8.02. The number of benzene rings is 1. The molecule has 0 aliphatic heterocycles. The van der Waals surface area contributed by atoms with E-state index in [1.807, 2.05) is 4.98 Å². The molecule has 0 amide bonds. The van der Waals surface area contributed by atoms with Gasteiger partial charge < -0.3 is 9.72 Å². The van der Waals surface area contributed by atoms with Gasteiger partial charge >= 0.3 is 11.4 Å². The molecule has 0 saturated heterocycles. The average molecular weight is 237 g/mol. The fourth-order valence-corrected chi connectivity index (χ4v) is 1.49. The third-order valence-corrected chi connectivity index (χ3v) is 2.24. The first-order valence-electron chi connectivity index (χ1n) is 4.51. The second-order valence-electron chi connectivity index (χ2n) is 3.23. The Bertz CT molecular complexity index is 715. The molecule has 0 spiro atoms. The number of fused-ring (bicyclic) bond motifs is 1. The lowest BCUT2D eigenvalue weighted by Crippen LogP contribution is -2.21. The normalized spacial score (nSPS) is 10.4. The van der Waals surface area contributed by atoms with Crippen molar-refractivity contribution in [3.8, 4) is 5.75 Å². The number of nitro benzene ring substituents is 1. The number of rotatable bonds is 2. The van der Waals surface area contributed by atoms with E-state index in [1.54, 1.807) is 0 Å². The van der Waals surface area contributed by atoms with Gasteiger partial charge in [-0.1, -0.05) is 0 Å². The van der Waals surface area contributed by atoms with Crippen LogP contribution in [0.5, 0.6) is 5.75 Å². The van der Waals surface area contributed by atoms with Gasteiger partial charge in [-0.3, -0.25) is 19.9 Å². The van der Waals surface area contributed by atoms with Gasteiger partial charge in [0.05, 0.1) is 22.9 Å². The Morgan fingerprint density at radius 1 is 1.29 bits per heavy atom. The van der Waals surface area contributed by atoms with Gasteiger partial charge in [-0.15, -0.1) is 0 Å². The third-order valence-electron chi connectivity index (χ3n) is 2.24. The summed E-state index contributed by atoms with van der Waals surface area (Å²) in [7, 11) is 1.26. The maximum absolute atomic E-state index is 11.4. The standard InChI is InChI=1S/C9H7N3O5/c1-17-7-3-5-4(2-6(7)12(15)16)8(13)11-9(14)10-5/h2-3H,1H3,(H2,10,11,13,14). The van der Waals surface area contributed by atoms with E-state index >= 15 is 0 Å². The van der Waals surface area contributed by atoms with Gasteiger partial charge in [0.1, 0.15) is 0 Å². The molecule has 8 heteroatoms.